The predicted molar refractivity (Wildman–Crippen MR) is 76.2 cm³/mol. The summed E-state index contributed by atoms with van der Waals surface area (Å²) in [4.78, 5) is 0.762. The zero-order valence-electron chi connectivity index (χ0n) is 9.45. The van der Waals surface area contributed by atoms with E-state index in [1.165, 1.54) is 5.56 Å². The molecule has 2 N–H and O–H groups in total. The fourth-order valence-corrected chi connectivity index (χ4v) is 2.28. The number of benzene rings is 2. The van der Waals surface area contributed by atoms with Crippen molar-refractivity contribution in [3.63, 3.8) is 0 Å². The van der Waals surface area contributed by atoms with Crippen molar-refractivity contribution in [2.45, 2.75) is 6.92 Å². The molecule has 0 radical (unpaired) electrons. The Morgan fingerprint density at radius 1 is 0.882 bits per heavy atom. The van der Waals surface area contributed by atoms with Crippen LogP contribution in [0.25, 0.3) is 0 Å². The van der Waals surface area contributed by atoms with Crippen molar-refractivity contribution in [3.05, 3.63) is 53.6 Å². The average molecular weight is 240 g/mol. The summed E-state index contributed by atoms with van der Waals surface area (Å²) in [5.41, 5.74) is 5.39. The lowest BCUT2D eigenvalue weighted by atomic mass is 10.2. The Bertz CT molecular complexity index is 605. The molecular weight excluding hydrogens is 228 g/mol. The van der Waals surface area contributed by atoms with Crippen LogP contribution < -0.4 is 10.6 Å². The van der Waals surface area contributed by atoms with Gasteiger partial charge in [0.05, 0.1) is 11.4 Å². The quantitative estimate of drug-likeness (QED) is 0.684. The molecule has 2 nitrogen and oxygen atoms in total. The van der Waals surface area contributed by atoms with Gasteiger partial charge in [-0.2, -0.15) is 0 Å². The molecule has 1 aliphatic rings. The van der Waals surface area contributed by atoms with Gasteiger partial charge >= 0.3 is 0 Å². The van der Waals surface area contributed by atoms with E-state index in [9.17, 15) is 0 Å². The zero-order valence-corrected chi connectivity index (χ0v) is 10.3. The van der Waals surface area contributed by atoms with Crippen molar-refractivity contribution < 1.29 is 0 Å². The van der Waals surface area contributed by atoms with Crippen molar-refractivity contribution in [2.24, 2.45) is 0 Å². The van der Waals surface area contributed by atoms with Gasteiger partial charge in [0, 0.05) is 11.3 Å². The smallest absolute Gasteiger partial charge is 0.113 e. The maximum atomic E-state index is 5.42. The first-order chi connectivity index (χ1) is 8.24. The lowest BCUT2D eigenvalue weighted by Gasteiger charge is -2.09. The number of thiocarbonyl (C=S) groups is 1. The Kier molecular flexibility index (Phi) is 2.34. The van der Waals surface area contributed by atoms with Crippen LogP contribution in [0.3, 0.4) is 0 Å². The molecule has 0 aliphatic carbocycles. The third-order valence-corrected chi connectivity index (χ3v) is 3.19. The first-order valence-corrected chi connectivity index (χ1v) is 5.93. The molecule has 2 aromatic carbocycles. The molecule has 0 aromatic heterocycles. The molecule has 0 atom stereocenters. The van der Waals surface area contributed by atoms with Crippen molar-refractivity contribution in [1.82, 2.24) is 0 Å². The lowest BCUT2D eigenvalue weighted by Crippen LogP contribution is -2.09. The first kappa shape index (κ1) is 10.3. The van der Waals surface area contributed by atoms with Crippen LogP contribution in [0.4, 0.5) is 17.1 Å². The van der Waals surface area contributed by atoms with Crippen molar-refractivity contribution >= 4 is 34.3 Å². The molecule has 0 spiro atoms. The number of aryl methyl sites for hydroxylation is 1. The molecule has 17 heavy (non-hydrogen) atoms. The van der Waals surface area contributed by atoms with E-state index in [0.717, 1.165) is 27.6 Å². The highest BCUT2D eigenvalue weighted by molar-refractivity contribution is 7.81. The summed E-state index contributed by atoms with van der Waals surface area (Å²) in [6.07, 6.45) is 0. The summed E-state index contributed by atoms with van der Waals surface area (Å²) < 4.78 is 0. The molecule has 84 valence electrons. The Morgan fingerprint density at radius 2 is 1.71 bits per heavy atom. The van der Waals surface area contributed by atoms with E-state index < -0.39 is 0 Å². The predicted octanol–water partition coefficient (Wildman–Crippen LogP) is 3.84. The SMILES string of the molecule is Cc1ccc2c(c1)NC(=S)c1ccccc1N2. The number of rotatable bonds is 0. The van der Waals surface area contributed by atoms with Crippen LogP contribution in [0.15, 0.2) is 42.5 Å². The first-order valence-electron chi connectivity index (χ1n) is 5.52. The van der Waals surface area contributed by atoms with E-state index in [4.69, 9.17) is 12.2 Å². The molecule has 3 heteroatoms. The number of hydrogen-bond donors (Lipinski definition) is 2. The third-order valence-electron chi connectivity index (χ3n) is 2.86. The molecule has 0 unspecified atom stereocenters. The van der Waals surface area contributed by atoms with Crippen molar-refractivity contribution in [3.8, 4) is 0 Å². The van der Waals surface area contributed by atoms with Crippen LogP contribution in [0.1, 0.15) is 11.1 Å². The number of hydrogen-bond acceptors (Lipinski definition) is 2. The second kappa shape index (κ2) is 3.86. The van der Waals surface area contributed by atoms with E-state index in [2.05, 4.69) is 35.8 Å². The van der Waals surface area contributed by atoms with Gasteiger partial charge in [-0.25, -0.2) is 0 Å². The van der Waals surface area contributed by atoms with Crippen LogP contribution in [0.5, 0.6) is 0 Å². The van der Waals surface area contributed by atoms with Crippen molar-refractivity contribution in [2.75, 3.05) is 10.6 Å². The molecule has 0 amide bonds. The fourth-order valence-electron chi connectivity index (χ4n) is 2.00. The van der Waals surface area contributed by atoms with Gasteiger partial charge in [-0.15, -0.1) is 0 Å². The van der Waals surface area contributed by atoms with Gasteiger partial charge in [0.15, 0.2) is 0 Å². The third kappa shape index (κ3) is 1.78. The largest absolute Gasteiger partial charge is 0.353 e. The number of anilines is 3. The van der Waals surface area contributed by atoms with Crippen LogP contribution >= 0.6 is 12.2 Å². The molecule has 2 aromatic rings. The maximum absolute atomic E-state index is 5.42. The Labute approximate surface area is 106 Å². The summed E-state index contributed by atoms with van der Waals surface area (Å²) >= 11 is 5.42. The highest BCUT2D eigenvalue weighted by Gasteiger charge is 2.15. The van der Waals surface area contributed by atoms with E-state index in [-0.39, 0.29) is 0 Å². The van der Waals surface area contributed by atoms with Gasteiger partial charge in [-0.3, -0.25) is 0 Å². The summed E-state index contributed by atoms with van der Waals surface area (Å²) in [5.74, 6) is 0. The highest BCUT2D eigenvalue weighted by atomic mass is 32.1. The van der Waals surface area contributed by atoms with Crippen LogP contribution in [-0.4, -0.2) is 4.99 Å². The Morgan fingerprint density at radius 3 is 2.59 bits per heavy atom. The number of nitrogens with one attached hydrogen (secondary N) is 2. The molecular formula is C14H12N2S. The summed E-state index contributed by atoms with van der Waals surface area (Å²) in [5, 5.41) is 6.70. The lowest BCUT2D eigenvalue weighted by molar-refractivity contribution is 1.46. The van der Waals surface area contributed by atoms with Crippen LogP contribution in [-0.2, 0) is 0 Å². The minimum atomic E-state index is 0.762. The Hall–Kier alpha value is -1.87. The number of para-hydroxylation sites is 1. The van der Waals surface area contributed by atoms with Gasteiger partial charge in [-0.1, -0.05) is 30.4 Å². The van der Waals surface area contributed by atoms with Crippen LogP contribution in [0.2, 0.25) is 0 Å². The van der Waals surface area contributed by atoms with E-state index >= 15 is 0 Å². The van der Waals surface area contributed by atoms with E-state index in [1.807, 2.05) is 24.3 Å². The minimum Gasteiger partial charge on any atom is -0.353 e. The fraction of sp³-hybridized carbons (Fsp3) is 0.0714. The van der Waals surface area contributed by atoms with Gasteiger partial charge in [0.2, 0.25) is 0 Å². The minimum absolute atomic E-state index is 0.762. The number of fused-ring (bicyclic) bond motifs is 2. The summed E-state index contributed by atoms with van der Waals surface area (Å²) in [7, 11) is 0. The standard InChI is InChI=1S/C14H12N2S/c1-9-6-7-12-13(8-9)16-14(17)10-4-2-3-5-11(10)15-12/h2-8,15H,1H3,(H,16,17). The highest BCUT2D eigenvalue weighted by Crippen LogP contribution is 2.32. The van der Waals surface area contributed by atoms with Crippen molar-refractivity contribution in [1.29, 1.82) is 0 Å². The molecule has 0 saturated heterocycles. The summed E-state index contributed by atoms with van der Waals surface area (Å²) in [6, 6.07) is 14.3. The molecule has 0 fully saturated rings. The van der Waals surface area contributed by atoms with Gasteiger partial charge in [-0.05, 0) is 36.8 Å². The van der Waals surface area contributed by atoms with Crippen LogP contribution in [0, 0.1) is 6.92 Å². The van der Waals surface area contributed by atoms with E-state index in [1.54, 1.807) is 0 Å². The summed E-state index contributed by atoms with van der Waals surface area (Å²) in [6.45, 7) is 2.07. The van der Waals surface area contributed by atoms with E-state index in [0.29, 0.717) is 0 Å². The Balaban J connectivity index is 2.17. The average Bonchev–Trinajstić information content (AvgIpc) is 2.46. The normalized spacial score (nSPS) is 12.9. The molecule has 1 heterocycles. The zero-order chi connectivity index (χ0) is 11.8. The van der Waals surface area contributed by atoms with Gasteiger partial charge in [0.1, 0.15) is 4.99 Å². The van der Waals surface area contributed by atoms with Gasteiger partial charge in [0.25, 0.3) is 0 Å². The molecule has 0 saturated carbocycles. The molecule has 0 bridgehead atoms. The van der Waals surface area contributed by atoms with Gasteiger partial charge < -0.3 is 10.6 Å². The molecule has 3 rings (SSSR count). The second-order valence-electron chi connectivity index (χ2n) is 4.17. The topological polar surface area (TPSA) is 24.1 Å². The molecule has 1 aliphatic heterocycles. The monoisotopic (exact) mass is 240 g/mol. The second-order valence-corrected chi connectivity index (χ2v) is 4.58. The maximum Gasteiger partial charge on any atom is 0.113 e.